The fourth-order valence-corrected chi connectivity index (χ4v) is 2.73. The van der Waals surface area contributed by atoms with Crippen LogP contribution in [-0.2, 0) is 4.79 Å². The molecule has 24 heavy (non-hydrogen) atoms. The second-order valence-corrected chi connectivity index (χ2v) is 5.96. The van der Waals surface area contributed by atoms with E-state index in [0.29, 0.717) is 11.4 Å². The molecule has 4 nitrogen and oxygen atoms in total. The minimum Gasteiger partial charge on any atom is -0.496 e. The number of nitrogens with one attached hydrogen (secondary N) is 1. The van der Waals surface area contributed by atoms with Crippen molar-refractivity contribution >= 4 is 29.4 Å². The van der Waals surface area contributed by atoms with Crippen LogP contribution < -0.4 is 10.1 Å². The highest BCUT2D eigenvalue weighted by molar-refractivity contribution is 7.98. The molecule has 0 saturated heterocycles. The molecular formula is C19H18N2O2S. The van der Waals surface area contributed by atoms with Crippen molar-refractivity contribution in [3.05, 3.63) is 59.2 Å². The zero-order valence-corrected chi connectivity index (χ0v) is 14.6. The standard InChI is InChI=1S/C19H18N2O2S/c1-13-5-4-6-16(9-13)21-19(22)15(12-20)10-14-7-8-18(24-3)17(11-14)23-2/h4-11H,1-3H3,(H,21,22). The highest BCUT2D eigenvalue weighted by atomic mass is 32.2. The number of carbonyl (C=O) groups excluding carboxylic acids is 1. The molecule has 0 radical (unpaired) electrons. The number of amides is 1. The maximum absolute atomic E-state index is 12.3. The minimum absolute atomic E-state index is 0.0375. The fourth-order valence-electron chi connectivity index (χ4n) is 2.18. The summed E-state index contributed by atoms with van der Waals surface area (Å²) in [6.45, 7) is 1.94. The van der Waals surface area contributed by atoms with E-state index in [9.17, 15) is 10.1 Å². The summed E-state index contributed by atoms with van der Waals surface area (Å²) in [4.78, 5) is 13.3. The summed E-state index contributed by atoms with van der Waals surface area (Å²) >= 11 is 1.57. The number of nitrogens with zero attached hydrogens (tertiary/aromatic N) is 1. The Bertz CT molecular complexity index is 822. The molecule has 2 aromatic rings. The smallest absolute Gasteiger partial charge is 0.266 e. The van der Waals surface area contributed by atoms with E-state index in [1.165, 1.54) is 0 Å². The molecule has 1 amide bonds. The van der Waals surface area contributed by atoms with Gasteiger partial charge in [-0.15, -0.1) is 11.8 Å². The number of hydrogen-bond acceptors (Lipinski definition) is 4. The maximum Gasteiger partial charge on any atom is 0.266 e. The van der Waals surface area contributed by atoms with Gasteiger partial charge >= 0.3 is 0 Å². The summed E-state index contributed by atoms with van der Waals surface area (Å²) in [6.07, 6.45) is 3.52. The van der Waals surface area contributed by atoms with Crippen molar-refractivity contribution < 1.29 is 9.53 Å². The van der Waals surface area contributed by atoms with Crippen LogP contribution in [0.2, 0.25) is 0 Å². The quantitative estimate of drug-likeness (QED) is 0.502. The predicted molar refractivity (Wildman–Crippen MR) is 98.2 cm³/mol. The average Bonchev–Trinajstić information content (AvgIpc) is 2.59. The largest absolute Gasteiger partial charge is 0.496 e. The Morgan fingerprint density at radius 1 is 1.29 bits per heavy atom. The number of nitriles is 1. The van der Waals surface area contributed by atoms with Crippen molar-refractivity contribution in [1.29, 1.82) is 5.26 Å². The minimum atomic E-state index is -0.434. The molecule has 2 rings (SSSR count). The van der Waals surface area contributed by atoms with Crippen LogP contribution in [0.1, 0.15) is 11.1 Å². The van der Waals surface area contributed by atoms with Crippen LogP contribution in [0.5, 0.6) is 5.75 Å². The zero-order valence-electron chi connectivity index (χ0n) is 13.8. The van der Waals surface area contributed by atoms with Gasteiger partial charge in [-0.3, -0.25) is 4.79 Å². The van der Waals surface area contributed by atoms with Crippen LogP contribution in [-0.4, -0.2) is 19.3 Å². The van der Waals surface area contributed by atoms with Gasteiger partial charge in [0.1, 0.15) is 17.4 Å². The third-order valence-corrected chi connectivity index (χ3v) is 4.14. The normalized spacial score (nSPS) is 10.8. The molecule has 0 fully saturated rings. The molecule has 5 heteroatoms. The number of methoxy groups -OCH3 is 1. The first-order valence-corrected chi connectivity index (χ1v) is 8.51. The zero-order chi connectivity index (χ0) is 17.5. The van der Waals surface area contributed by atoms with Gasteiger partial charge in [-0.1, -0.05) is 18.2 Å². The topological polar surface area (TPSA) is 62.1 Å². The molecule has 0 aliphatic rings. The number of hydrogen-bond donors (Lipinski definition) is 1. The van der Waals surface area contributed by atoms with Crippen LogP contribution in [0, 0.1) is 18.3 Å². The third-order valence-electron chi connectivity index (χ3n) is 3.36. The Morgan fingerprint density at radius 3 is 2.71 bits per heavy atom. The van der Waals surface area contributed by atoms with E-state index in [1.54, 1.807) is 31.0 Å². The summed E-state index contributed by atoms with van der Waals surface area (Å²) in [6, 6.07) is 15.0. The molecule has 0 aromatic heterocycles. The number of carbonyl (C=O) groups is 1. The first kappa shape index (κ1) is 17.6. The summed E-state index contributed by atoms with van der Waals surface area (Å²) in [7, 11) is 1.60. The predicted octanol–water partition coefficient (Wildman–Crippen LogP) is 4.27. The number of ether oxygens (including phenoxy) is 1. The summed E-state index contributed by atoms with van der Waals surface area (Å²) in [5.41, 5.74) is 2.47. The monoisotopic (exact) mass is 338 g/mol. The lowest BCUT2D eigenvalue weighted by atomic mass is 10.1. The number of anilines is 1. The molecule has 0 aliphatic carbocycles. The van der Waals surface area contributed by atoms with Gasteiger partial charge in [-0.25, -0.2) is 0 Å². The lowest BCUT2D eigenvalue weighted by molar-refractivity contribution is -0.112. The SMILES string of the molecule is COc1cc(C=C(C#N)C(=O)Nc2cccc(C)c2)ccc1SC. The third kappa shape index (κ3) is 4.40. The van der Waals surface area contributed by atoms with Gasteiger partial charge < -0.3 is 10.1 Å². The van der Waals surface area contributed by atoms with Crippen molar-refractivity contribution in [2.75, 3.05) is 18.7 Å². The van der Waals surface area contributed by atoms with E-state index in [2.05, 4.69) is 5.32 Å². The molecular weight excluding hydrogens is 320 g/mol. The van der Waals surface area contributed by atoms with Crippen molar-refractivity contribution in [2.45, 2.75) is 11.8 Å². The number of benzene rings is 2. The lowest BCUT2D eigenvalue weighted by Gasteiger charge is -2.08. The van der Waals surface area contributed by atoms with Gasteiger partial charge in [-0.05, 0) is 54.6 Å². The number of rotatable bonds is 5. The Kier molecular flexibility index (Phi) is 6.05. The van der Waals surface area contributed by atoms with Crippen LogP contribution in [0.25, 0.3) is 6.08 Å². The molecule has 0 unspecified atom stereocenters. The summed E-state index contributed by atoms with van der Waals surface area (Å²) < 4.78 is 5.33. The Labute approximate surface area is 146 Å². The Balaban J connectivity index is 2.25. The van der Waals surface area contributed by atoms with E-state index in [4.69, 9.17) is 4.74 Å². The number of thioether (sulfide) groups is 1. The molecule has 0 bridgehead atoms. The second kappa shape index (κ2) is 8.23. The van der Waals surface area contributed by atoms with E-state index < -0.39 is 5.91 Å². The van der Waals surface area contributed by atoms with Crippen LogP contribution in [0.4, 0.5) is 5.69 Å². The van der Waals surface area contributed by atoms with E-state index in [0.717, 1.165) is 16.0 Å². The molecule has 0 heterocycles. The van der Waals surface area contributed by atoms with Gasteiger partial charge in [0.2, 0.25) is 0 Å². The van der Waals surface area contributed by atoms with Crippen LogP contribution >= 0.6 is 11.8 Å². The van der Waals surface area contributed by atoms with E-state index in [1.807, 2.05) is 55.6 Å². The first-order valence-electron chi connectivity index (χ1n) is 7.29. The lowest BCUT2D eigenvalue weighted by Crippen LogP contribution is -2.13. The number of aryl methyl sites for hydroxylation is 1. The molecule has 1 N–H and O–H groups in total. The fraction of sp³-hybridized carbons (Fsp3) is 0.158. The van der Waals surface area contributed by atoms with Gasteiger partial charge in [0, 0.05) is 10.6 Å². The second-order valence-electron chi connectivity index (χ2n) is 5.11. The van der Waals surface area contributed by atoms with Crippen molar-refractivity contribution in [3.63, 3.8) is 0 Å². The summed E-state index contributed by atoms with van der Waals surface area (Å²) in [5, 5.41) is 12.0. The molecule has 0 saturated carbocycles. The molecule has 0 aliphatic heterocycles. The molecule has 0 spiro atoms. The van der Waals surface area contributed by atoms with Crippen LogP contribution in [0.15, 0.2) is 52.9 Å². The van der Waals surface area contributed by atoms with Crippen LogP contribution in [0.3, 0.4) is 0 Å². The maximum atomic E-state index is 12.3. The van der Waals surface area contributed by atoms with Gasteiger partial charge in [0.15, 0.2) is 0 Å². The Morgan fingerprint density at radius 2 is 2.08 bits per heavy atom. The van der Waals surface area contributed by atoms with E-state index in [-0.39, 0.29) is 5.57 Å². The first-order chi connectivity index (χ1) is 11.6. The molecule has 122 valence electrons. The molecule has 0 atom stereocenters. The Hall–Kier alpha value is -2.71. The molecule has 2 aromatic carbocycles. The average molecular weight is 338 g/mol. The van der Waals surface area contributed by atoms with Crippen molar-refractivity contribution in [2.24, 2.45) is 0 Å². The van der Waals surface area contributed by atoms with Crippen molar-refractivity contribution in [3.8, 4) is 11.8 Å². The van der Waals surface area contributed by atoms with E-state index >= 15 is 0 Å². The highest BCUT2D eigenvalue weighted by Crippen LogP contribution is 2.29. The van der Waals surface area contributed by atoms with Gasteiger partial charge in [0.05, 0.1) is 7.11 Å². The van der Waals surface area contributed by atoms with Gasteiger partial charge in [-0.2, -0.15) is 5.26 Å². The van der Waals surface area contributed by atoms with Crippen molar-refractivity contribution in [1.82, 2.24) is 0 Å². The highest BCUT2D eigenvalue weighted by Gasteiger charge is 2.10. The summed E-state index contributed by atoms with van der Waals surface area (Å²) in [5.74, 6) is 0.281. The van der Waals surface area contributed by atoms with Gasteiger partial charge in [0.25, 0.3) is 5.91 Å².